The van der Waals surface area contributed by atoms with E-state index in [4.69, 9.17) is 4.74 Å². The number of aromatic nitrogens is 1. The van der Waals surface area contributed by atoms with Crippen LogP contribution in [0.5, 0.6) is 5.75 Å². The van der Waals surface area contributed by atoms with Gasteiger partial charge in [0.2, 0.25) is 5.91 Å². The number of thiazole rings is 1. The number of nitro benzene ring substituents is 1. The molecular weight excluding hydrogens is 392 g/mol. The number of anilines is 1. The van der Waals surface area contributed by atoms with Crippen molar-refractivity contribution in [1.29, 1.82) is 0 Å². The van der Waals surface area contributed by atoms with Crippen molar-refractivity contribution >= 4 is 28.6 Å². The number of carbonyl (C=O) groups excluding carboxylic acids is 1. The van der Waals surface area contributed by atoms with E-state index in [2.05, 4.69) is 15.6 Å². The molecule has 2 aromatic carbocycles. The minimum absolute atomic E-state index is 0.00682. The lowest BCUT2D eigenvalue weighted by atomic mass is 10.2. The fourth-order valence-corrected chi connectivity index (χ4v) is 3.49. The molecule has 3 aromatic rings. The van der Waals surface area contributed by atoms with E-state index < -0.39 is 4.92 Å². The summed E-state index contributed by atoms with van der Waals surface area (Å²) in [4.78, 5) is 27.2. The van der Waals surface area contributed by atoms with E-state index in [1.54, 1.807) is 25.3 Å². The third-order valence-electron chi connectivity index (χ3n) is 4.09. The highest BCUT2D eigenvalue weighted by atomic mass is 32.1. The van der Waals surface area contributed by atoms with Gasteiger partial charge in [-0.2, -0.15) is 0 Å². The van der Waals surface area contributed by atoms with E-state index in [9.17, 15) is 14.9 Å². The summed E-state index contributed by atoms with van der Waals surface area (Å²) in [6, 6.07) is 14.0. The predicted molar refractivity (Wildman–Crippen MR) is 112 cm³/mol. The minimum atomic E-state index is -0.441. The summed E-state index contributed by atoms with van der Waals surface area (Å²) >= 11 is 1.48. The Kier molecular flexibility index (Phi) is 6.75. The lowest BCUT2D eigenvalue weighted by Crippen LogP contribution is -2.30. The monoisotopic (exact) mass is 412 g/mol. The van der Waals surface area contributed by atoms with Gasteiger partial charge in [0, 0.05) is 30.1 Å². The van der Waals surface area contributed by atoms with Crippen LogP contribution in [0.3, 0.4) is 0 Å². The number of ether oxygens (including phenoxy) is 1. The Balaban J connectivity index is 1.46. The van der Waals surface area contributed by atoms with E-state index in [-0.39, 0.29) is 18.0 Å². The summed E-state index contributed by atoms with van der Waals surface area (Å²) < 4.78 is 5.15. The second-order valence-electron chi connectivity index (χ2n) is 6.10. The van der Waals surface area contributed by atoms with Crippen molar-refractivity contribution in [2.75, 3.05) is 25.5 Å². The first-order valence-electron chi connectivity index (χ1n) is 8.89. The number of nitrogens with one attached hydrogen (secondary N) is 2. The molecule has 0 aliphatic heterocycles. The summed E-state index contributed by atoms with van der Waals surface area (Å²) in [5.74, 6) is 0.625. The molecule has 2 N–H and O–H groups in total. The van der Waals surface area contributed by atoms with Crippen LogP contribution in [-0.2, 0) is 11.2 Å². The zero-order valence-corrected chi connectivity index (χ0v) is 16.6. The van der Waals surface area contributed by atoms with Gasteiger partial charge in [-0.25, -0.2) is 4.98 Å². The van der Waals surface area contributed by atoms with E-state index in [0.29, 0.717) is 24.5 Å². The third-order valence-corrected chi connectivity index (χ3v) is 5.03. The molecule has 0 aliphatic rings. The Bertz CT molecular complexity index is 988. The number of para-hydroxylation sites is 2. The Morgan fingerprint density at radius 3 is 2.66 bits per heavy atom. The van der Waals surface area contributed by atoms with E-state index >= 15 is 0 Å². The van der Waals surface area contributed by atoms with E-state index in [1.165, 1.54) is 17.4 Å². The number of nitro groups is 1. The second-order valence-corrected chi connectivity index (χ2v) is 6.96. The van der Waals surface area contributed by atoms with Crippen LogP contribution in [0.2, 0.25) is 0 Å². The van der Waals surface area contributed by atoms with Crippen molar-refractivity contribution in [3.05, 3.63) is 69.7 Å². The standard InChI is InChI=1S/C20H20N4O4S/c1-28-16-8-6-14(7-9-16)20-23-15(13-29-20)12-19(25)22-11-10-21-17-4-2-3-5-18(17)24(26)27/h2-9,13,21H,10-12H2,1H3,(H,22,25). The summed E-state index contributed by atoms with van der Waals surface area (Å²) in [5, 5.41) is 19.5. The molecule has 9 heteroatoms. The van der Waals surface area contributed by atoms with E-state index in [0.717, 1.165) is 16.3 Å². The zero-order valence-electron chi connectivity index (χ0n) is 15.8. The Morgan fingerprint density at radius 1 is 1.17 bits per heavy atom. The van der Waals surface area contributed by atoms with Gasteiger partial charge in [-0.05, 0) is 30.3 Å². The molecule has 3 rings (SSSR count). The smallest absolute Gasteiger partial charge is 0.292 e. The highest BCUT2D eigenvalue weighted by molar-refractivity contribution is 7.13. The van der Waals surface area contributed by atoms with E-state index in [1.807, 2.05) is 29.6 Å². The summed E-state index contributed by atoms with van der Waals surface area (Å²) in [5.41, 5.74) is 2.10. The first-order valence-corrected chi connectivity index (χ1v) is 9.77. The maximum absolute atomic E-state index is 12.1. The van der Waals surface area contributed by atoms with Gasteiger partial charge in [0.15, 0.2) is 0 Å². The topological polar surface area (TPSA) is 106 Å². The number of carbonyl (C=O) groups is 1. The molecule has 0 aliphatic carbocycles. The predicted octanol–water partition coefficient (Wildman–Crippen LogP) is 3.50. The molecule has 0 spiro atoms. The Morgan fingerprint density at radius 2 is 1.93 bits per heavy atom. The molecule has 1 heterocycles. The largest absolute Gasteiger partial charge is 0.497 e. The van der Waals surface area contributed by atoms with Gasteiger partial charge >= 0.3 is 0 Å². The van der Waals surface area contributed by atoms with Gasteiger partial charge in [0.05, 0.1) is 24.1 Å². The van der Waals surface area contributed by atoms with Crippen molar-refractivity contribution < 1.29 is 14.5 Å². The van der Waals surface area contributed by atoms with Gasteiger partial charge in [0.25, 0.3) is 5.69 Å². The van der Waals surface area contributed by atoms with Crippen LogP contribution in [0.25, 0.3) is 10.6 Å². The lowest BCUT2D eigenvalue weighted by molar-refractivity contribution is -0.384. The quantitative estimate of drug-likeness (QED) is 0.316. The van der Waals surface area contributed by atoms with Crippen molar-refractivity contribution in [1.82, 2.24) is 10.3 Å². The summed E-state index contributed by atoms with van der Waals surface area (Å²) in [6.45, 7) is 0.727. The molecule has 0 fully saturated rings. The van der Waals surface area contributed by atoms with Crippen molar-refractivity contribution in [3.63, 3.8) is 0 Å². The molecule has 1 amide bonds. The molecule has 29 heavy (non-hydrogen) atoms. The maximum Gasteiger partial charge on any atom is 0.292 e. The molecule has 150 valence electrons. The average Bonchev–Trinajstić information content (AvgIpc) is 3.20. The SMILES string of the molecule is COc1ccc(-c2nc(CC(=O)NCCNc3ccccc3[N+](=O)[O-])cs2)cc1. The van der Waals surface area contributed by atoms with Crippen molar-refractivity contribution in [2.24, 2.45) is 0 Å². The number of methoxy groups -OCH3 is 1. The van der Waals surface area contributed by atoms with Gasteiger partial charge in [-0.3, -0.25) is 14.9 Å². The van der Waals surface area contributed by atoms with Crippen LogP contribution < -0.4 is 15.4 Å². The number of amides is 1. The molecule has 0 radical (unpaired) electrons. The number of hydrogen-bond acceptors (Lipinski definition) is 7. The summed E-state index contributed by atoms with van der Waals surface area (Å²) in [7, 11) is 1.62. The first kappa shape index (κ1) is 20.3. The zero-order chi connectivity index (χ0) is 20.6. The average molecular weight is 412 g/mol. The molecule has 0 atom stereocenters. The fraction of sp³-hybridized carbons (Fsp3) is 0.200. The van der Waals surface area contributed by atoms with Crippen LogP contribution in [0.15, 0.2) is 53.9 Å². The number of nitrogens with zero attached hydrogens (tertiary/aromatic N) is 2. The Hall–Kier alpha value is -3.46. The minimum Gasteiger partial charge on any atom is -0.497 e. The molecule has 8 nitrogen and oxygen atoms in total. The fourth-order valence-electron chi connectivity index (χ4n) is 2.66. The normalized spacial score (nSPS) is 10.4. The molecule has 0 bridgehead atoms. The second kappa shape index (κ2) is 9.65. The van der Waals surface area contributed by atoms with Gasteiger partial charge in [0.1, 0.15) is 16.4 Å². The summed E-state index contributed by atoms with van der Waals surface area (Å²) in [6.07, 6.45) is 0.179. The molecule has 0 saturated heterocycles. The van der Waals surface area contributed by atoms with Crippen LogP contribution in [0.4, 0.5) is 11.4 Å². The maximum atomic E-state index is 12.1. The van der Waals surface area contributed by atoms with Crippen LogP contribution in [0.1, 0.15) is 5.69 Å². The molecule has 1 aromatic heterocycles. The van der Waals surface area contributed by atoms with Gasteiger partial charge in [-0.15, -0.1) is 11.3 Å². The highest BCUT2D eigenvalue weighted by Crippen LogP contribution is 2.26. The van der Waals surface area contributed by atoms with Gasteiger partial charge < -0.3 is 15.4 Å². The third kappa shape index (κ3) is 5.52. The van der Waals surface area contributed by atoms with Crippen LogP contribution in [0, 0.1) is 10.1 Å². The van der Waals surface area contributed by atoms with Crippen molar-refractivity contribution in [3.8, 4) is 16.3 Å². The van der Waals surface area contributed by atoms with Crippen LogP contribution in [-0.4, -0.2) is 36.0 Å². The molecule has 0 unspecified atom stereocenters. The van der Waals surface area contributed by atoms with Crippen LogP contribution >= 0.6 is 11.3 Å². The Labute approximate surface area is 171 Å². The first-order chi connectivity index (χ1) is 14.1. The van der Waals surface area contributed by atoms with Gasteiger partial charge in [-0.1, -0.05) is 12.1 Å². The molecule has 0 saturated carbocycles. The molecular formula is C20H20N4O4S. The number of benzene rings is 2. The number of hydrogen-bond donors (Lipinski definition) is 2. The highest BCUT2D eigenvalue weighted by Gasteiger charge is 2.12. The lowest BCUT2D eigenvalue weighted by Gasteiger charge is -2.08. The number of rotatable bonds is 9. The van der Waals surface area contributed by atoms with Crippen molar-refractivity contribution in [2.45, 2.75) is 6.42 Å².